The molecular formula is C12H23NO3. The fourth-order valence-electron chi connectivity index (χ4n) is 2.49. The van der Waals surface area contributed by atoms with Crippen LogP contribution >= 0.6 is 0 Å². The summed E-state index contributed by atoms with van der Waals surface area (Å²) in [6.07, 6.45) is 1.71. The molecule has 3 unspecified atom stereocenters. The standard InChI is InChI=1S/C12H23NO3/c1-6-9(3)12(11(14)15-7-2)8-10(4)16-13(12)5/h9-10H,6-8H2,1-5H3. The monoisotopic (exact) mass is 229 g/mol. The maximum Gasteiger partial charge on any atom is 0.329 e. The molecule has 0 aromatic carbocycles. The molecule has 94 valence electrons. The second-order valence-corrected chi connectivity index (χ2v) is 4.57. The number of rotatable bonds is 4. The molecule has 0 aromatic heterocycles. The number of esters is 1. The Balaban J connectivity index is 2.97. The first kappa shape index (κ1) is 13.5. The number of carbonyl (C=O) groups excluding carboxylic acids is 1. The highest BCUT2D eigenvalue weighted by atomic mass is 16.7. The number of nitrogens with zero attached hydrogens (tertiary/aromatic N) is 1. The van der Waals surface area contributed by atoms with Crippen LogP contribution in [-0.4, -0.2) is 36.3 Å². The average Bonchev–Trinajstić information content (AvgIpc) is 2.54. The van der Waals surface area contributed by atoms with Crippen molar-refractivity contribution in [2.45, 2.75) is 52.2 Å². The number of hydroxylamine groups is 2. The number of hydrogen-bond donors (Lipinski definition) is 0. The first-order valence-corrected chi connectivity index (χ1v) is 6.06. The van der Waals surface area contributed by atoms with E-state index in [1.54, 1.807) is 5.06 Å². The van der Waals surface area contributed by atoms with Crippen molar-refractivity contribution in [3.63, 3.8) is 0 Å². The topological polar surface area (TPSA) is 38.8 Å². The van der Waals surface area contributed by atoms with Crippen LogP contribution < -0.4 is 0 Å². The van der Waals surface area contributed by atoms with Crippen LogP contribution in [0.5, 0.6) is 0 Å². The Kier molecular flexibility index (Phi) is 4.33. The normalized spacial score (nSPS) is 32.7. The van der Waals surface area contributed by atoms with Crippen LogP contribution in [0.2, 0.25) is 0 Å². The van der Waals surface area contributed by atoms with E-state index in [4.69, 9.17) is 9.57 Å². The highest BCUT2D eigenvalue weighted by Gasteiger charge is 2.54. The van der Waals surface area contributed by atoms with E-state index >= 15 is 0 Å². The molecule has 1 rings (SSSR count). The molecule has 0 aromatic rings. The van der Waals surface area contributed by atoms with Crippen molar-refractivity contribution < 1.29 is 14.4 Å². The van der Waals surface area contributed by atoms with Crippen LogP contribution in [0.25, 0.3) is 0 Å². The lowest BCUT2D eigenvalue weighted by Gasteiger charge is -2.36. The van der Waals surface area contributed by atoms with E-state index in [0.717, 1.165) is 6.42 Å². The van der Waals surface area contributed by atoms with Gasteiger partial charge in [0.2, 0.25) is 0 Å². The van der Waals surface area contributed by atoms with Crippen LogP contribution in [0.3, 0.4) is 0 Å². The van der Waals surface area contributed by atoms with Gasteiger partial charge in [0.25, 0.3) is 0 Å². The number of hydrogen-bond acceptors (Lipinski definition) is 4. The minimum Gasteiger partial charge on any atom is -0.465 e. The van der Waals surface area contributed by atoms with E-state index in [0.29, 0.717) is 13.0 Å². The van der Waals surface area contributed by atoms with Gasteiger partial charge in [0.1, 0.15) is 5.54 Å². The Hall–Kier alpha value is -0.610. The maximum absolute atomic E-state index is 12.2. The molecule has 1 aliphatic heterocycles. The third-order valence-electron chi connectivity index (χ3n) is 3.56. The first-order valence-electron chi connectivity index (χ1n) is 6.06. The Morgan fingerprint density at radius 3 is 2.62 bits per heavy atom. The van der Waals surface area contributed by atoms with E-state index in [1.165, 1.54) is 0 Å². The van der Waals surface area contributed by atoms with Crippen LogP contribution in [-0.2, 0) is 14.4 Å². The summed E-state index contributed by atoms with van der Waals surface area (Å²) < 4.78 is 5.21. The van der Waals surface area contributed by atoms with E-state index in [9.17, 15) is 4.79 Å². The molecule has 0 spiro atoms. The van der Waals surface area contributed by atoms with Gasteiger partial charge in [-0.15, -0.1) is 0 Å². The van der Waals surface area contributed by atoms with Crippen LogP contribution in [0.15, 0.2) is 0 Å². The van der Waals surface area contributed by atoms with Gasteiger partial charge in [-0.3, -0.25) is 4.84 Å². The molecule has 1 heterocycles. The van der Waals surface area contributed by atoms with Crippen LogP contribution in [0.4, 0.5) is 0 Å². The van der Waals surface area contributed by atoms with E-state index in [-0.39, 0.29) is 18.0 Å². The van der Waals surface area contributed by atoms with Crippen molar-refractivity contribution in [3.05, 3.63) is 0 Å². The fraction of sp³-hybridized carbons (Fsp3) is 0.917. The number of likely N-dealkylation sites (N-methyl/N-ethyl adjacent to an activating group) is 1. The van der Waals surface area contributed by atoms with Gasteiger partial charge in [-0.05, 0) is 19.8 Å². The van der Waals surface area contributed by atoms with E-state index in [2.05, 4.69) is 13.8 Å². The Bertz CT molecular complexity index is 251. The summed E-state index contributed by atoms with van der Waals surface area (Å²) >= 11 is 0. The molecular weight excluding hydrogens is 206 g/mol. The maximum atomic E-state index is 12.2. The van der Waals surface area contributed by atoms with Gasteiger partial charge in [0.15, 0.2) is 0 Å². The largest absolute Gasteiger partial charge is 0.465 e. The quantitative estimate of drug-likeness (QED) is 0.691. The molecule has 0 N–H and O–H groups in total. The zero-order valence-electron chi connectivity index (χ0n) is 10.9. The van der Waals surface area contributed by atoms with Crippen molar-refractivity contribution in [2.75, 3.05) is 13.7 Å². The Labute approximate surface area is 97.9 Å². The van der Waals surface area contributed by atoms with Gasteiger partial charge < -0.3 is 4.74 Å². The van der Waals surface area contributed by atoms with Gasteiger partial charge in [-0.1, -0.05) is 20.3 Å². The summed E-state index contributed by atoms with van der Waals surface area (Å²) in [6, 6.07) is 0. The van der Waals surface area contributed by atoms with Crippen molar-refractivity contribution in [2.24, 2.45) is 5.92 Å². The number of carbonyl (C=O) groups is 1. The lowest BCUT2D eigenvalue weighted by atomic mass is 9.80. The zero-order valence-corrected chi connectivity index (χ0v) is 10.9. The summed E-state index contributed by atoms with van der Waals surface area (Å²) in [5, 5.41) is 1.70. The van der Waals surface area contributed by atoms with Crippen molar-refractivity contribution in [3.8, 4) is 0 Å². The summed E-state index contributed by atoms with van der Waals surface area (Å²) in [6.45, 7) is 8.40. The van der Waals surface area contributed by atoms with Gasteiger partial charge in [-0.25, -0.2) is 4.79 Å². The summed E-state index contributed by atoms with van der Waals surface area (Å²) in [4.78, 5) is 17.8. The second kappa shape index (κ2) is 5.15. The predicted molar refractivity (Wildman–Crippen MR) is 61.7 cm³/mol. The van der Waals surface area contributed by atoms with Crippen molar-refractivity contribution >= 4 is 5.97 Å². The van der Waals surface area contributed by atoms with Gasteiger partial charge >= 0.3 is 5.97 Å². The van der Waals surface area contributed by atoms with Crippen LogP contribution in [0.1, 0.15) is 40.5 Å². The van der Waals surface area contributed by atoms with Gasteiger partial charge in [0, 0.05) is 13.5 Å². The van der Waals surface area contributed by atoms with Crippen molar-refractivity contribution in [1.82, 2.24) is 5.06 Å². The Morgan fingerprint density at radius 2 is 2.25 bits per heavy atom. The van der Waals surface area contributed by atoms with E-state index < -0.39 is 5.54 Å². The van der Waals surface area contributed by atoms with E-state index in [1.807, 2.05) is 20.9 Å². The second-order valence-electron chi connectivity index (χ2n) is 4.57. The molecule has 0 radical (unpaired) electrons. The first-order chi connectivity index (χ1) is 7.48. The molecule has 1 saturated heterocycles. The third-order valence-corrected chi connectivity index (χ3v) is 3.56. The molecule has 3 atom stereocenters. The summed E-state index contributed by atoms with van der Waals surface area (Å²) in [5.74, 6) is 0.0673. The highest BCUT2D eigenvalue weighted by Crippen LogP contribution is 2.39. The molecule has 0 bridgehead atoms. The molecule has 4 heteroatoms. The molecule has 0 aliphatic carbocycles. The lowest BCUT2D eigenvalue weighted by Crippen LogP contribution is -2.53. The lowest BCUT2D eigenvalue weighted by molar-refractivity contribution is -0.198. The SMILES string of the molecule is CCOC(=O)C1(C(C)CC)CC(C)ON1C. The molecule has 1 fully saturated rings. The van der Waals surface area contributed by atoms with Crippen molar-refractivity contribution in [1.29, 1.82) is 0 Å². The Morgan fingerprint density at radius 1 is 1.62 bits per heavy atom. The third kappa shape index (κ3) is 2.09. The average molecular weight is 229 g/mol. The van der Waals surface area contributed by atoms with Crippen LogP contribution in [0, 0.1) is 5.92 Å². The van der Waals surface area contributed by atoms with Gasteiger partial charge in [-0.2, -0.15) is 5.06 Å². The minimum atomic E-state index is -0.607. The minimum absolute atomic E-state index is 0.0726. The zero-order chi connectivity index (χ0) is 12.3. The van der Waals surface area contributed by atoms with Gasteiger partial charge in [0.05, 0.1) is 12.7 Å². The molecule has 0 amide bonds. The molecule has 16 heavy (non-hydrogen) atoms. The summed E-state index contributed by atoms with van der Waals surface area (Å²) in [7, 11) is 1.83. The molecule has 4 nitrogen and oxygen atoms in total. The fourth-order valence-corrected chi connectivity index (χ4v) is 2.49. The molecule has 1 aliphatic rings. The number of ether oxygens (including phenoxy) is 1. The molecule has 0 saturated carbocycles. The smallest absolute Gasteiger partial charge is 0.329 e. The predicted octanol–water partition coefficient (Wildman–Crippen LogP) is 1.99. The summed E-state index contributed by atoms with van der Waals surface area (Å²) in [5.41, 5.74) is -0.607. The highest BCUT2D eigenvalue weighted by molar-refractivity contribution is 5.81.